The first-order chi connectivity index (χ1) is 17.4. The number of anilines is 2. The van der Waals surface area contributed by atoms with Crippen molar-refractivity contribution in [1.82, 2.24) is 19.4 Å². The monoisotopic (exact) mass is 517 g/mol. The van der Waals surface area contributed by atoms with Gasteiger partial charge in [0.2, 0.25) is 11.4 Å². The van der Waals surface area contributed by atoms with Crippen molar-refractivity contribution >= 4 is 45.9 Å². The van der Waals surface area contributed by atoms with Crippen molar-refractivity contribution in [2.45, 2.75) is 43.7 Å². The van der Waals surface area contributed by atoms with Gasteiger partial charge in [-0.3, -0.25) is 4.79 Å². The van der Waals surface area contributed by atoms with Crippen molar-refractivity contribution in [3.63, 3.8) is 0 Å². The molecular weight excluding hydrogens is 493 g/mol. The summed E-state index contributed by atoms with van der Waals surface area (Å²) in [6.07, 6.45) is 8.10. The highest BCUT2D eigenvalue weighted by molar-refractivity contribution is 6.39. The van der Waals surface area contributed by atoms with Gasteiger partial charge in [0.25, 0.3) is 0 Å². The van der Waals surface area contributed by atoms with Crippen molar-refractivity contribution in [2.24, 2.45) is 0 Å². The largest absolute Gasteiger partial charge is 0.328 e. The van der Waals surface area contributed by atoms with E-state index in [9.17, 15) is 4.79 Å². The normalized spacial score (nSPS) is 18.4. The Bertz CT molecular complexity index is 1590. The van der Waals surface area contributed by atoms with Crippen LogP contribution in [0.4, 0.5) is 11.6 Å². The zero-order valence-electron chi connectivity index (χ0n) is 19.9. The predicted octanol–water partition coefficient (Wildman–Crippen LogP) is 6.32. The van der Waals surface area contributed by atoms with E-state index < -0.39 is 0 Å². The van der Waals surface area contributed by atoms with E-state index in [1.165, 1.54) is 24.0 Å². The van der Waals surface area contributed by atoms with Crippen molar-refractivity contribution in [1.29, 1.82) is 0 Å². The average Bonchev–Trinajstić information content (AvgIpc) is 3.77. The molecule has 2 saturated carbocycles. The number of benzene rings is 2. The molecule has 4 aromatic rings. The van der Waals surface area contributed by atoms with Crippen molar-refractivity contribution in [3.8, 4) is 11.1 Å². The second-order valence-corrected chi connectivity index (χ2v) is 11.3. The van der Waals surface area contributed by atoms with Crippen LogP contribution in [0, 0.1) is 0 Å². The van der Waals surface area contributed by atoms with Crippen LogP contribution in [0.2, 0.25) is 10.0 Å². The Kier molecular flexibility index (Phi) is 4.97. The number of fused-ring (bicyclic) bond motifs is 3. The number of nitrogens with one attached hydrogen (secondary N) is 1. The number of rotatable bonds is 4. The molecule has 0 saturated heterocycles. The molecule has 182 valence electrons. The molecule has 2 fully saturated rings. The van der Waals surface area contributed by atoms with Gasteiger partial charge in [0.15, 0.2) is 0 Å². The van der Waals surface area contributed by atoms with Gasteiger partial charge in [-0.05, 0) is 68.1 Å². The highest BCUT2D eigenvalue weighted by Crippen LogP contribution is 2.52. The summed E-state index contributed by atoms with van der Waals surface area (Å²) in [6.45, 7) is 2.08. The van der Waals surface area contributed by atoms with Gasteiger partial charge in [-0.15, -0.1) is 0 Å². The van der Waals surface area contributed by atoms with Gasteiger partial charge in [-0.1, -0.05) is 35.3 Å². The molecule has 1 N–H and O–H groups in total. The zero-order chi connectivity index (χ0) is 24.6. The fraction of sp³-hybridized carbons (Fsp3) is 0.321. The highest BCUT2D eigenvalue weighted by atomic mass is 35.5. The van der Waals surface area contributed by atoms with Crippen LogP contribution in [-0.4, -0.2) is 33.0 Å². The Morgan fingerprint density at radius 3 is 2.61 bits per heavy atom. The second kappa shape index (κ2) is 8.04. The highest BCUT2D eigenvalue weighted by Gasteiger charge is 2.48. The number of aromatic nitrogens is 3. The van der Waals surface area contributed by atoms with Crippen LogP contribution >= 0.6 is 23.2 Å². The van der Waals surface area contributed by atoms with E-state index in [-0.39, 0.29) is 5.43 Å². The summed E-state index contributed by atoms with van der Waals surface area (Å²) in [6, 6.07) is 12.2. The van der Waals surface area contributed by atoms with E-state index in [1.54, 1.807) is 24.4 Å². The quantitative estimate of drug-likeness (QED) is 0.343. The first kappa shape index (κ1) is 22.3. The standard InChI is InChI=1S/C28H25Cl2N5O/c1-34-13-16-11-17(5-8-21(16)28(15-34)9-10-28)32-27-31-12-19-25(36)20(24-22(29)3-2-4-23(24)30)14-35(18-6-7-18)26(19)33-27/h2-5,8,11-12,14,18H,6-7,9-10,13,15H2,1H3,(H,31,32,33). The minimum absolute atomic E-state index is 0.171. The molecule has 1 spiro atoms. The first-order valence-electron chi connectivity index (χ1n) is 12.4. The van der Waals surface area contributed by atoms with Crippen molar-refractivity contribution in [3.05, 3.63) is 80.2 Å². The maximum Gasteiger partial charge on any atom is 0.229 e. The van der Waals surface area contributed by atoms with Crippen LogP contribution in [0.5, 0.6) is 0 Å². The summed E-state index contributed by atoms with van der Waals surface area (Å²) in [4.78, 5) is 25.3. The van der Waals surface area contributed by atoms with Gasteiger partial charge >= 0.3 is 0 Å². The fourth-order valence-electron chi connectivity index (χ4n) is 5.73. The SMILES string of the molecule is CN1Cc2cc(Nc3ncc4c(=O)c(-c5c(Cl)cccc5Cl)cn(C5CC5)c4n3)ccc2C2(CC2)C1. The lowest BCUT2D eigenvalue weighted by molar-refractivity contribution is 0.271. The molecular formula is C28H25Cl2N5O. The van der Waals surface area contributed by atoms with Crippen LogP contribution in [0.15, 0.2) is 53.6 Å². The first-order valence-corrected chi connectivity index (χ1v) is 13.1. The number of nitrogens with zero attached hydrogens (tertiary/aromatic N) is 4. The third kappa shape index (κ3) is 3.62. The molecule has 7 rings (SSSR count). The van der Waals surface area contributed by atoms with Gasteiger partial charge in [-0.2, -0.15) is 4.98 Å². The molecule has 1 aliphatic heterocycles. The number of halogens is 2. The molecule has 3 heterocycles. The maximum atomic E-state index is 13.5. The van der Waals surface area contributed by atoms with Gasteiger partial charge in [0.1, 0.15) is 5.65 Å². The smallest absolute Gasteiger partial charge is 0.229 e. The molecule has 36 heavy (non-hydrogen) atoms. The molecule has 0 unspecified atom stereocenters. The molecule has 0 radical (unpaired) electrons. The van der Waals surface area contributed by atoms with Crippen LogP contribution in [0.1, 0.15) is 42.9 Å². The number of hydrogen-bond acceptors (Lipinski definition) is 5. The fourth-order valence-corrected chi connectivity index (χ4v) is 6.33. The number of hydrogen-bond donors (Lipinski definition) is 1. The summed E-state index contributed by atoms with van der Waals surface area (Å²) in [5.74, 6) is 0.477. The van der Waals surface area contributed by atoms with Crippen LogP contribution in [0.25, 0.3) is 22.2 Å². The Morgan fingerprint density at radius 2 is 1.89 bits per heavy atom. The summed E-state index contributed by atoms with van der Waals surface area (Å²) < 4.78 is 2.08. The molecule has 0 amide bonds. The molecule has 6 nitrogen and oxygen atoms in total. The molecule has 0 atom stereocenters. The van der Waals surface area contributed by atoms with Crippen molar-refractivity contribution < 1.29 is 0 Å². The van der Waals surface area contributed by atoms with Gasteiger partial charge < -0.3 is 14.8 Å². The van der Waals surface area contributed by atoms with E-state index in [4.69, 9.17) is 28.2 Å². The summed E-state index contributed by atoms with van der Waals surface area (Å²) >= 11 is 12.9. The maximum absolute atomic E-state index is 13.5. The van der Waals surface area contributed by atoms with Crippen molar-refractivity contribution in [2.75, 3.05) is 18.9 Å². The lowest BCUT2D eigenvalue weighted by Gasteiger charge is -2.32. The molecule has 2 aromatic heterocycles. The lowest BCUT2D eigenvalue weighted by atomic mass is 9.87. The average molecular weight is 518 g/mol. The molecule has 3 aliphatic rings. The Hall–Kier alpha value is -2.93. The third-order valence-electron chi connectivity index (χ3n) is 7.74. The second-order valence-electron chi connectivity index (χ2n) is 10.5. The van der Waals surface area contributed by atoms with E-state index in [2.05, 4.69) is 45.0 Å². The van der Waals surface area contributed by atoms with Crippen LogP contribution < -0.4 is 10.7 Å². The predicted molar refractivity (Wildman–Crippen MR) is 144 cm³/mol. The third-order valence-corrected chi connectivity index (χ3v) is 8.37. The Balaban J connectivity index is 1.30. The summed E-state index contributed by atoms with van der Waals surface area (Å²) in [5, 5.41) is 4.74. The van der Waals surface area contributed by atoms with Crippen LogP contribution in [0.3, 0.4) is 0 Å². The van der Waals surface area contributed by atoms with E-state index >= 15 is 0 Å². The Labute approximate surface area is 218 Å². The molecule has 2 aromatic carbocycles. The summed E-state index contributed by atoms with van der Waals surface area (Å²) in [5.41, 5.74) is 5.64. The zero-order valence-corrected chi connectivity index (χ0v) is 21.4. The minimum Gasteiger partial charge on any atom is -0.328 e. The van der Waals surface area contributed by atoms with Gasteiger partial charge in [0, 0.05) is 53.8 Å². The van der Waals surface area contributed by atoms with Gasteiger partial charge in [-0.25, -0.2) is 4.98 Å². The molecule has 2 aliphatic carbocycles. The summed E-state index contributed by atoms with van der Waals surface area (Å²) in [7, 11) is 2.19. The van der Waals surface area contributed by atoms with E-state index in [1.807, 2.05) is 6.20 Å². The molecule has 0 bridgehead atoms. The number of likely N-dealkylation sites (N-methyl/N-ethyl adjacent to an activating group) is 1. The van der Waals surface area contributed by atoms with E-state index in [0.717, 1.165) is 31.6 Å². The minimum atomic E-state index is -0.171. The molecule has 8 heteroatoms. The van der Waals surface area contributed by atoms with Gasteiger partial charge in [0.05, 0.1) is 15.4 Å². The topological polar surface area (TPSA) is 63.1 Å². The Morgan fingerprint density at radius 1 is 1.11 bits per heavy atom. The lowest BCUT2D eigenvalue weighted by Crippen LogP contribution is -2.35. The van der Waals surface area contributed by atoms with E-state index in [0.29, 0.717) is 49.6 Å². The number of pyridine rings is 1. The van der Waals surface area contributed by atoms with Crippen LogP contribution in [-0.2, 0) is 12.0 Å².